The Kier molecular flexibility index (Phi) is 9.55. The highest BCUT2D eigenvalue weighted by molar-refractivity contribution is 14.0. The van der Waals surface area contributed by atoms with Gasteiger partial charge in [0.25, 0.3) is 0 Å². The minimum atomic E-state index is 0. The molecule has 0 bridgehead atoms. The van der Waals surface area contributed by atoms with Gasteiger partial charge in [0.15, 0.2) is 11.6 Å². The molecular formula is C23H31ClIN7. The molecular weight excluding hydrogens is 537 g/mol. The number of nitrogens with zero attached hydrogens (tertiary/aromatic N) is 5. The Balaban J connectivity index is 0.00000289. The largest absolute Gasteiger partial charge is 0.357 e. The molecule has 1 aromatic carbocycles. The minimum Gasteiger partial charge on any atom is -0.357 e. The summed E-state index contributed by atoms with van der Waals surface area (Å²) in [6.45, 7) is 6.73. The van der Waals surface area contributed by atoms with E-state index in [2.05, 4.69) is 44.8 Å². The molecule has 1 saturated heterocycles. The van der Waals surface area contributed by atoms with Crippen LogP contribution in [-0.2, 0) is 13.0 Å². The van der Waals surface area contributed by atoms with Crippen molar-refractivity contribution >= 4 is 47.2 Å². The van der Waals surface area contributed by atoms with Crippen LogP contribution in [0.2, 0.25) is 5.02 Å². The van der Waals surface area contributed by atoms with Crippen molar-refractivity contribution in [2.24, 2.45) is 4.99 Å². The Labute approximate surface area is 211 Å². The van der Waals surface area contributed by atoms with E-state index in [4.69, 9.17) is 16.6 Å². The number of pyridine rings is 1. The average Bonchev–Trinajstić information content (AvgIpc) is 3.20. The third-order valence-electron chi connectivity index (χ3n) is 5.58. The quantitative estimate of drug-likeness (QED) is 0.259. The van der Waals surface area contributed by atoms with Gasteiger partial charge in [-0.2, -0.15) is 0 Å². The fraction of sp³-hybridized carbons (Fsp3) is 0.435. The first-order valence-electron chi connectivity index (χ1n) is 11.0. The molecule has 3 heterocycles. The number of piperidine rings is 1. The predicted molar refractivity (Wildman–Crippen MR) is 141 cm³/mol. The van der Waals surface area contributed by atoms with Gasteiger partial charge in [-0.05, 0) is 49.6 Å². The third-order valence-corrected chi connectivity index (χ3v) is 5.83. The van der Waals surface area contributed by atoms with Gasteiger partial charge in [0.05, 0.1) is 0 Å². The number of nitrogens with one attached hydrogen (secondary N) is 2. The zero-order valence-corrected chi connectivity index (χ0v) is 21.5. The Bertz CT molecular complexity index is 997. The van der Waals surface area contributed by atoms with Gasteiger partial charge in [-0.3, -0.25) is 14.3 Å². The lowest BCUT2D eigenvalue weighted by molar-refractivity contribution is 0.198. The maximum Gasteiger partial charge on any atom is 0.191 e. The molecule has 4 rings (SSSR count). The van der Waals surface area contributed by atoms with Crippen molar-refractivity contribution in [1.82, 2.24) is 30.1 Å². The van der Waals surface area contributed by atoms with Crippen LogP contribution in [0.15, 0.2) is 53.7 Å². The summed E-state index contributed by atoms with van der Waals surface area (Å²) in [4.78, 5) is 7.27. The van der Waals surface area contributed by atoms with Crippen molar-refractivity contribution in [3.05, 3.63) is 65.1 Å². The molecule has 1 fully saturated rings. The molecule has 2 aromatic heterocycles. The molecule has 3 aromatic rings. The van der Waals surface area contributed by atoms with Crippen LogP contribution in [-0.4, -0.2) is 57.7 Å². The normalized spacial score (nSPS) is 15.5. The third kappa shape index (κ3) is 6.79. The molecule has 0 spiro atoms. The molecule has 7 nitrogen and oxygen atoms in total. The lowest BCUT2D eigenvalue weighted by Gasteiger charge is -2.33. The van der Waals surface area contributed by atoms with Crippen LogP contribution in [0.25, 0.3) is 5.65 Å². The number of hydrogen-bond acceptors (Lipinski definition) is 4. The number of fused-ring (bicyclic) bond motifs is 1. The monoisotopic (exact) mass is 567 g/mol. The van der Waals surface area contributed by atoms with Crippen LogP contribution in [0.4, 0.5) is 0 Å². The van der Waals surface area contributed by atoms with Gasteiger partial charge in [-0.25, -0.2) is 0 Å². The molecule has 0 atom stereocenters. The van der Waals surface area contributed by atoms with Crippen LogP contribution < -0.4 is 10.6 Å². The van der Waals surface area contributed by atoms with E-state index in [0.29, 0.717) is 12.6 Å². The lowest BCUT2D eigenvalue weighted by Crippen LogP contribution is -2.48. The van der Waals surface area contributed by atoms with Crippen molar-refractivity contribution < 1.29 is 0 Å². The maximum atomic E-state index is 5.99. The van der Waals surface area contributed by atoms with E-state index in [1.165, 1.54) is 5.56 Å². The number of aliphatic imine (C=N–C) groups is 1. The highest BCUT2D eigenvalue weighted by Gasteiger charge is 2.20. The van der Waals surface area contributed by atoms with E-state index in [1.807, 2.05) is 40.9 Å². The van der Waals surface area contributed by atoms with E-state index >= 15 is 0 Å². The topological polar surface area (TPSA) is 69.8 Å². The first kappa shape index (κ1) is 24.7. The summed E-state index contributed by atoms with van der Waals surface area (Å²) in [5.41, 5.74) is 2.18. The van der Waals surface area contributed by atoms with E-state index in [0.717, 1.165) is 67.9 Å². The fourth-order valence-corrected chi connectivity index (χ4v) is 4.05. The van der Waals surface area contributed by atoms with Crippen LogP contribution in [0.1, 0.15) is 31.2 Å². The number of halogens is 2. The van der Waals surface area contributed by atoms with Gasteiger partial charge in [0.1, 0.15) is 5.82 Å². The molecule has 0 unspecified atom stereocenters. The van der Waals surface area contributed by atoms with E-state index < -0.39 is 0 Å². The highest BCUT2D eigenvalue weighted by atomic mass is 127. The number of guanidine groups is 1. The van der Waals surface area contributed by atoms with Gasteiger partial charge in [-0.1, -0.05) is 29.8 Å². The average molecular weight is 568 g/mol. The number of rotatable bonds is 7. The smallest absolute Gasteiger partial charge is 0.191 e. The Morgan fingerprint density at radius 3 is 2.66 bits per heavy atom. The van der Waals surface area contributed by atoms with Gasteiger partial charge >= 0.3 is 0 Å². The summed E-state index contributed by atoms with van der Waals surface area (Å²) < 4.78 is 2.02. The molecule has 0 radical (unpaired) electrons. The molecule has 0 saturated carbocycles. The Morgan fingerprint density at radius 1 is 1.12 bits per heavy atom. The highest BCUT2D eigenvalue weighted by Crippen LogP contribution is 2.16. The molecule has 172 valence electrons. The number of benzene rings is 1. The summed E-state index contributed by atoms with van der Waals surface area (Å²) in [6, 6.07) is 14.5. The van der Waals surface area contributed by atoms with Gasteiger partial charge in [-0.15, -0.1) is 34.2 Å². The van der Waals surface area contributed by atoms with E-state index in [9.17, 15) is 0 Å². The Morgan fingerprint density at radius 2 is 1.91 bits per heavy atom. The second kappa shape index (κ2) is 12.4. The maximum absolute atomic E-state index is 5.99. The zero-order chi connectivity index (χ0) is 21.5. The fourth-order valence-electron chi connectivity index (χ4n) is 3.93. The van der Waals surface area contributed by atoms with Crippen LogP contribution >= 0.6 is 35.6 Å². The SMILES string of the molecule is CCNC(=NCCc1nnc2ccccn12)NC1CCN(Cc2ccc(Cl)cc2)CC1.I. The van der Waals surface area contributed by atoms with Gasteiger partial charge in [0, 0.05) is 56.4 Å². The molecule has 1 aliphatic heterocycles. The molecule has 1 aliphatic rings. The number of aromatic nitrogens is 3. The number of hydrogen-bond donors (Lipinski definition) is 2. The summed E-state index contributed by atoms with van der Waals surface area (Å²) in [5, 5.41) is 16.3. The van der Waals surface area contributed by atoms with Crippen molar-refractivity contribution in [2.45, 2.75) is 38.8 Å². The van der Waals surface area contributed by atoms with Crippen molar-refractivity contribution in [1.29, 1.82) is 0 Å². The second-order valence-electron chi connectivity index (χ2n) is 7.88. The summed E-state index contributed by atoms with van der Waals surface area (Å²) in [5.74, 6) is 1.82. The first-order valence-corrected chi connectivity index (χ1v) is 11.4. The minimum absolute atomic E-state index is 0. The molecule has 9 heteroatoms. The molecule has 0 amide bonds. The summed E-state index contributed by atoms with van der Waals surface area (Å²) >= 11 is 5.99. The van der Waals surface area contributed by atoms with Crippen LogP contribution in [0.3, 0.4) is 0 Å². The Hall–Kier alpha value is -1.91. The molecule has 2 N–H and O–H groups in total. The molecule has 32 heavy (non-hydrogen) atoms. The van der Waals surface area contributed by atoms with E-state index in [-0.39, 0.29) is 24.0 Å². The second-order valence-corrected chi connectivity index (χ2v) is 8.31. The number of likely N-dealkylation sites (tertiary alicyclic amines) is 1. The first-order chi connectivity index (χ1) is 15.2. The summed E-state index contributed by atoms with van der Waals surface area (Å²) in [6.07, 6.45) is 4.95. The predicted octanol–water partition coefficient (Wildman–Crippen LogP) is 3.76. The summed E-state index contributed by atoms with van der Waals surface area (Å²) in [7, 11) is 0. The standard InChI is InChI=1S/C23H30ClN7.HI/c1-2-25-23(26-13-10-22-29-28-21-5-3-4-14-31(21)22)27-20-11-15-30(16-12-20)17-18-6-8-19(24)9-7-18;/h3-9,14,20H,2,10-13,15-17H2,1H3,(H2,25,26,27);1H. The van der Waals surface area contributed by atoms with E-state index in [1.54, 1.807) is 0 Å². The van der Waals surface area contributed by atoms with Crippen molar-refractivity contribution in [3.63, 3.8) is 0 Å². The van der Waals surface area contributed by atoms with Crippen molar-refractivity contribution in [3.8, 4) is 0 Å². The van der Waals surface area contributed by atoms with Gasteiger partial charge in [0.2, 0.25) is 0 Å². The zero-order valence-electron chi connectivity index (χ0n) is 18.4. The lowest BCUT2D eigenvalue weighted by atomic mass is 10.0. The van der Waals surface area contributed by atoms with Crippen LogP contribution in [0.5, 0.6) is 0 Å². The van der Waals surface area contributed by atoms with Crippen LogP contribution in [0, 0.1) is 0 Å². The molecule has 0 aliphatic carbocycles. The van der Waals surface area contributed by atoms with Gasteiger partial charge < -0.3 is 10.6 Å². The van der Waals surface area contributed by atoms with Crippen molar-refractivity contribution in [2.75, 3.05) is 26.2 Å².